The predicted molar refractivity (Wildman–Crippen MR) is 85.0 cm³/mol. The van der Waals surface area contributed by atoms with E-state index in [1.807, 2.05) is 39.1 Å². The Labute approximate surface area is 127 Å². The van der Waals surface area contributed by atoms with Crippen molar-refractivity contribution in [2.75, 3.05) is 18.9 Å². The highest BCUT2D eigenvalue weighted by molar-refractivity contribution is 5.45. The molecule has 0 saturated carbocycles. The summed E-state index contributed by atoms with van der Waals surface area (Å²) in [5.74, 6) is 0.512. The number of hydrogen-bond acceptors (Lipinski definition) is 4. The van der Waals surface area contributed by atoms with Gasteiger partial charge >= 0.3 is 0 Å². The molecule has 0 aliphatic carbocycles. The molecular weight excluding hydrogens is 266 g/mol. The number of rotatable bonds is 8. The van der Waals surface area contributed by atoms with Gasteiger partial charge in [0.15, 0.2) is 0 Å². The zero-order chi connectivity index (χ0) is 15.9. The van der Waals surface area contributed by atoms with E-state index in [-0.39, 0.29) is 11.0 Å². The zero-order valence-corrected chi connectivity index (χ0v) is 13.5. The summed E-state index contributed by atoms with van der Waals surface area (Å²) in [6.07, 6.45) is 4.22. The average molecular weight is 293 g/mol. The number of ether oxygens (including phenoxy) is 1. The lowest BCUT2D eigenvalue weighted by molar-refractivity contribution is -0.109. The predicted octanol–water partition coefficient (Wildman–Crippen LogP) is 2.26. The van der Waals surface area contributed by atoms with Gasteiger partial charge in [-0.15, -0.1) is 0 Å². The van der Waals surface area contributed by atoms with Gasteiger partial charge in [0.05, 0.1) is 5.60 Å². The first-order chi connectivity index (χ1) is 9.77. The van der Waals surface area contributed by atoms with E-state index in [1.165, 1.54) is 0 Å². The third kappa shape index (κ3) is 6.12. The number of hydrogen-bond donors (Lipinski definition) is 2. The number of nitrogens with one attached hydrogen (secondary N) is 1. The van der Waals surface area contributed by atoms with E-state index in [0.29, 0.717) is 19.0 Å². The van der Waals surface area contributed by atoms with Crippen LogP contribution in [0.2, 0.25) is 0 Å². The average Bonchev–Trinajstić information content (AvgIpc) is 2.38. The Balaban J connectivity index is 2.78. The molecule has 1 atom stereocenters. The Kier molecular flexibility index (Phi) is 6.15. The highest BCUT2D eigenvalue weighted by Gasteiger charge is 2.27. The first-order valence-corrected chi connectivity index (χ1v) is 7.30. The Hall–Kier alpha value is -1.62. The van der Waals surface area contributed by atoms with E-state index in [1.54, 1.807) is 0 Å². The molecule has 118 valence electrons. The van der Waals surface area contributed by atoms with Crippen molar-refractivity contribution < 1.29 is 9.53 Å². The van der Waals surface area contributed by atoms with Crippen LogP contribution in [-0.2, 0) is 14.9 Å². The zero-order valence-electron chi connectivity index (χ0n) is 13.5. The van der Waals surface area contributed by atoms with Crippen molar-refractivity contribution in [3.05, 3.63) is 23.9 Å². The second-order valence-electron chi connectivity index (χ2n) is 6.57. The first kappa shape index (κ1) is 17.4. The highest BCUT2D eigenvalue weighted by Crippen LogP contribution is 2.31. The smallest absolute Gasteiger partial charge is 0.207 e. The number of carbonyl (C=O) groups excluding carboxylic acids is 1. The maximum atomic E-state index is 10.5. The molecule has 0 fully saturated rings. The van der Waals surface area contributed by atoms with Gasteiger partial charge in [0.25, 0.3) is 0 Å². The monoisotopic (exact) mass is 293 g/mol. The van der Waals surface area contributed by atoms with Gasteiger partial charge in [-0.1, -0.05) is 13.0 Å². The van der Waals surface area contributed by atoms with E-state index < -0.39 is 0 Å². The number of nitrogens with zero attached hydrogens (tertiary/aromatic N) is 1. The molecule has 1 amide bonds. The van der Waals surface area contributed by atoms with Gasteiger partial charge in [0.2, 0.25) is 6.41 Å². The molecule has 0 aliphatic heterocycles. The maximum absolute atomic E-state index is 10.5. The molecule has 5 heteroatoms. The minimum Gasteiger partial charge on any atom is -0.384 e. The molecular formula is C16H27N3O2. The molecule has 0 bridgehead atoms. The molecule has 0 saturated heterocycles. The van der Waals surface area contributed by atoms with Crippen molar-refractivity contribution in [3.8, 4) is 0 Å². The minimum absolute atomic E-state index is 0.109. The van der Waals surface area contributed by atoms with Crippen molar-refractivity contribution in [2.24, 2.45) is 0 Å². The quantitative estimate of drug-likeness (QED) is 0.569. The molecule has 1 heterocycles. The molecule has 1 aromatic rings. The summed E-state index contributed by atoms with van der Waals surface area (Å²) in [5, 5.41) is 2.73. The molecule has 0 aliphatic rings. The van der Waals surface area contributed by atoms with Crippen LogP contribution in [0.1, 0.15) is 46.1 Å². The number of nitrogens with two attached hydrogens (primary N) is 1. The largest absolute Gasteiger partial charge is 0.384 e. The SMILES string of the molecule is CC(C)(C)OCCC(C)(CCNC=O)c1ccc(N)nc1. The van der Waals surface area contributed by atoms with E-state index in [4.69, 9.17) is 10.5 Å². The van der Waals surface area contributed by atoms with Crippen LogP contribution in [0, 0.1) is 0 Å². The van der Waals surface area contributed by atoms with Crippen LogP contribution < -0.4 is 11.1 Å². The first-order valence-electron chi connectivity index (χ1n) is 7.30. The Bertz CT molecular complexity index is 440. The standard InChI is InChI=1S/C16H27N3O2/c1-15(2,3)21-10-8-16(4,7-9-18-12-20)13-5-6-14(17)19-11-13/h5-6,11-12H,7-10H2,1-4H3,(H2,17,19)(H,18,20). The van der Waals surface area contributed by atoms with E-state index >= 15 is 0 Å². The fourth-order valence-corrected chi connectivity index (χ4v) is 2.17. The van der Waals surface area contributed by atoms with Gasteiger partial charge in [-0.25, -0.2) is 4.98 Å². The molecule has 21 heavy (non-hydrogen) atoms. The number of nitrogen functional groups attached to an aromatic ring is 1. The fourth-order valence-electron chi connectivity index (χ4n) is 2.17. The van der Waals surface area contributed by atoms with Crippen molar-refractivity contribution in [1.82, 2.24) is 10.3 Å². The van der Waals surface area contributed by atoms with Crippen molar-refractivity contribution in [2.45, 2.75) is 51.6 Å². The summed E-state index contributed by atoms with van der Waals surface area (Å²) in [7, 11) is 0. The number of pyridine rings is 1. The summed E-state index contributed by atoms with van der Waals surface area (Å²) in [5.41, 5.74) is 6.51. The summed E-state index contributed by atoms with van der Waals surface area (Å²) in [6.45, 7) is 9.58. The molecule has 5 nitrogen and oxygen atoms in total. The highest BCUT2D eigenvalue weighted by atomic mass is 16.5. The second-order valence-corrected chi connectivity index (χ2v) is 6.57. The van der Waals surface area contributed by atoms with Crippen LogP contribution in [0.5, 0.6) is 0 Å². The van der Waals surface area contributed by atoms with Gasteiger partial charge in [-0.3, -0.25) is 4.79 Å². The minimum atomic E-state index is -0.151. The number of anilines is 1. The van der Waals surface area contributed by atoms with Crippen LogP contribution in [0.3, 0.4) is 0 Å². The topological polar surface area (TPSA) is 77.2 Å². The molecule has 0 spiro atoms. The van der Waals surface area contributed by atoms with Gasteiger partial charge in [0.1, 0.15) is 5.82 Å². The van der Waals surface area contributed by atoms with Gasteiger partial charge in [-0.2, -0.15) is 0 Å². The van der Waals surface area contributed by atoms with Crippen LogP contribution in [0.4, 0.5) is 5.82 Å². The van der Waals surface area contributed by atoms with Crippen LogP contribution in [0.15, 0.2) is 18.3 Å². The molecule has 1 unspecified atom stereocenters. The van der Waals surface area contributed by atoms with E-state index in [2.05, 4.69) is 17.2 Å². The Morgan fingerprint density at radius 2 is 2.00 bits per heavy atom. The molecule has 0 radical (unpaired) electrons. The molecule has 1 aromatic heterocycles. The van der Waals surface area contributed by atoms with Crippen molar-refractivity contribution >= 4 is 12.2 Å². The fraction of sp³-hybridized carbons (Fsp3) is 0.625. The van der Waals surface area contributed by atoms with Crippen LogP contribution in [-0.4, -0.2) is 30.1 Å². The normalized spacial score (nSPS) is 14.5. The van der Waals surface area contributed by atoms with Gasteiger partial charge in [-0.05, 0) is 50.7 Å². The van der Waals surface area contributed by atoms with Crippen molar-refractivity contribution in [1.29, 1.82) is 0 Å². The van der Waals surface area contributed by atoms with Crippen molar-refractivity contribution in [3.63, 3.8) is 0 Å². The Morgan fingerprint density at radius 3 is 2.52 bits per heavy atom. The summed E-state index contributed by atoms with van der Waals surface area (Å²) in [4.78, 5) is 14.6. The third-order valence-corrected chi connectivity index (χ3v) is 3.58. The molecule has 0 aromatic carbocycles. The number of amides is 1. The lowest BCUT2D eigenvalue weighted by Gasteiger charge is -2.31. The lowest BCUT2D eigenvalue weighted by atomic mass is 9.77. The summed E-state index contributed by atoms with van der Waals surface area (Å²) < 4.78 is 5.84. The van der Waals surface area contributed by atoms with Gasteiger partial charge < -0.3 is 15.8 Å². The molecule has 1 rings (SSSR count). The summed E-state index contributed by atoms with van der Waals surface area (Å²) >= 11 is 0. The third-order valence-electron chi connectivity index (χ3n) is 3.58. The maximum Gasteiger partial charge on any atom is 0.207 e. The number of aromatic nitrogens is 1. The van der Waals surface area contributed by atoms with Crippen LogP contribution in [0.25, 0.3) is 0 Å². The Morgan fingerprint density at radius 1 is 1.29 bits per heavy atom. The number of carbonyl (C=O) groups is 1. The molecule has 3 N–H and O–H groups in total. The van der Waals surface area contributed by atoms with Crippen LogP contribution >= 0.6 is 0 Å². The second kappa shape index (κ2) is 7.41. The summed E-state index contributed by atoms with van der Waals surface area (Å²) in [6, 6.07) is 3.81. The van der Waals surface area contributed by atoms with E-state index in [9.17, 15) is 4.79 Å². The van der Waals surface area contributed by atoms with Gasteiger partial charge in [0, 0.05) is 19.3 Å². The lowest BCUT2D eigenvalue weighted by Crippen LogP contribution is -2.31. The van der Waals surface area contributed by atoms with E-state index in [0.717, 1.165) is 24.8 Å².